The van der Waals surface area contributed by atoms with Crippen LogP contribution >= 0.6 is 11.6 Å². The van der Waals surface area contributed by atoms with Gasteiger partial charge in [0, 0.05) is 19.2 Å². The Labute approximate surface area is 112 Å². The number of halogens is 1. The summed E-state index contributed by atoms with van der Waals surface area (Å²) in [5, 5.41) is 6.22. The van der Waals surface area contributed by atoms with Gasteiger partial charge in [0.2, 0.25) is 0 Å². The molecule has 0 aliphatic rings. The van der Waals surface area contributed by atoms with Crippen LogP contribution in [0.2, 0.25) is 0 Å². The summed E-state index contributed by atoms with van der Waals surface area (Å²) in [6.45, 7) is 4.42. The van der Waals surface area contributed by atoms with Gasteiger partial charge in [-0.3, -0.25) is 5.10 Å². The molecule has 0 aliphatic heterocycles. The Balaban J connectivity index is 2.74. The number of hydrogen-bond acceptors (Lipinski definition) is 4. The van der Waals surface area contributed by atoms with Crippen molar-refractivity contribution in [3.63, 3.8) is 0 Å². The van der Waals surface area contributed by atoms with Crippen molar-refractivity contribution in [1.29, 1.82) is 0 Å². The molecule has 104 valence electrons. The minimum Gasteiger partial charge on any atom is -0.377 e. The molecule has 1 aromatic rings. The number of alkyl halides is 1. The SMILES string of the molecule is CC(C)OCCN(C)S(=O)(=O)c1[nH]ncc1CCl. The quantitative estimate of drug-likeness (QED) is 0.767. The molecule has 0 saturated carbocycles. The van der Waals surface area contributed by atoms with Gasteiger partial charge in [-0.05, 0) is 13.8 Å². The number of nitrogens with one attached hydrogen (secondary N) is 1. The second-order valence-electron chi connectivity index (χ2n) is 4.10. The summed E-state index contributed by atoms with van der Waals surface area (Å²) in [6.07, 6.45) is 1.49. The molecule has 0 aromatic carbocycles. The monoisotopic (exact) mass is 295 g/mol. The third kappa shape index (κ3) is 3.68. The molecular weight excluding hydrogens is 278 g/mol. The third-order valence-electron chi connectivity index (χ3n) is 2.35. The molecule has 18 heavy (non-hydrogen) atoms. The van der Waals surface area contributed by atoms with Crippen molar-refractivity contribution in [2.24, 2.45) is 0 Å². The Kier molecular flexibility index (Phi) is 5.58. The first kappa shape index (κ1) is 15.4. The highest BCUT2D eigenvalue weighted by atomic mass is 35.5. The first-order chi connectivity index (χ1) is 8.39. The summed E-state index contributed by atoms with van der Waals surface area (Å²) >= 11 is 5.66. The van der Waals surface area contributed by atoms with Gasteiger partial charge >= 0.3 is 0 Å². The third-order valence-corrected chi connectivity index (χ3v) is 4.51. The predicted octanol–water partition coefficient (Wildman–Crippen LogP) is 1.19. The van der Waals surface area contributed by atoms with E-state index < -0.39 is 10.0 Å². The van der Waals surface area contributed by atoms with E-state index in [4.69, 9.17) is 16.3 Å². The molecule has 0 amide bonds. The first-order valence-electron chi connectivity index (χ1n) is 5.55. The average Bonchev–Trinajstić information content (AvgIpc) is 2.76. The van der Waals surface area contributed by atoms with Gasteiger partial charge in [0.15, 0.2) is 5.03 Å². The van der Waals surface area contributed by atoms with E-state index in [0.717, 1.165) is 0 Å². The molecule has 0 spiro atoms. The van der Waals surface area contributed by atoms with Crippen molar-refractivity contribution in [3.8, 4) is 0 Å². The lowest BCUT2D eigenvalue weighted by Crippen LogP contribution is -2.31. The minimum atomic E-state index is -3.59. The highest BCUT2D eigenvalue weighted by molar-refractivity contribution is 7.89. The van der Waals surface area contributed by atoms with E-state index in [1.54, 1.807) is 0 Å². The van der Waals surface area contributed by atoms with Crippen LogP contribution < -0.4 is 0 Å². The van der Waals surface area contributed by atoms with Crippen molar-refractivity contribution in [2.75, 3.05) is 20.2 Å². The van der Waals surface area contributed by atoms with E-state index in [0.29, 0.717) is 12.2 Å². The second-order valence-corrected chi connectivity index (χ2v) is 6.35. The normalized spacial score (nSPS) is 12.6. The molecule has 0 fully saturated rings. The molecule has 0 saturated heterocycles. The lowest BCUT2D eigenvalue weighted by molar-refractivity contribution is 0.0737. The molecule has 0 radical (unpaired) electrons. The van der Waals surface area contributed by atoms with Crippen LogP contribution in [-0.2, 0) is 20.6 Å². The standard InChI is InChI=1S/C10H18ClN3O3S/c1-8(2)17-5-4-14(3)18(15,16)10-9(6-11)7-12-13-10/h7-8H,4-6H2,1-3H3,(H,12,13). The number of hydrogen-bond donors (Lipinski definition) is 1. The highest BCUT2D eigenvalue weighted by Gasteiger charge is 2.25. The summed E-state index contributed by atoms with van der Waals surface area (Å²) < 4.78 is 30.9. The maximum absolute atomic E-state index is 12.2. The number of H-pyrrole nitrogens is 1. The maximum atomic E-state index is 12.2. The fraction of sp³-hybridized carbons (Fsp3) is 0.700. The fourth-order valence-electron chi connectivity index (χ4n) is 1.31. The van der Waals surface area contributed by atoms with Gasteiger partial charge < -0.3 is 4.74 Å². The zero-order valence-electron chi connectivity index (χ0n) is 10.7. The van der Waals surface area contributed by atoms with Crippen LogP contribution in [-0.4, -0.2) is 49.2 Å². The van der Waals surface area contributed by atoms with E-state index in [9.17, 15) is 8.42 Å². The van der Waals surface area contributed by atoms with Crippen LogP contribution in [0.1, 0.15) is 19.4 Å². The second kappa shape index (κ2) is 6.51. The van der Waals surface area contributed by atoms with Gasteiger partial charge in [-0.1, -0.05) is 0 Å². The van der Waals surface area contributed by atoms with E-state index in [1.165, 1.54) is 17.5 Å². The summed E-state index contributed by atoms with van der Waals surface area (Å²) in [7, 11) is -2.09. The Morgan fingerprint density at radius 1 is 1.56 bits per heavy atom. The fourth-order valence-corrected chi connectivity index (χ4v) is 2.84. The van der Waals surface area contributed by atoms with E-state index in [1.807, 2.05) is 13.8 Å². The molecule has 6 nitrogen and oxygen atoms in total. The van der Waals surface area contributed by atoms with Crippen molar-refractivity contribution < 1.29 is 13.2 Å². The number of aromatic amines is 1. The first-order valence-corrected chi connectivity index (χ1v) is 7.53. The molecule has 1 rings (SSSR count). The molecule has 1 N–H and O–H groups in total. The van der Waals surface area contributed by atoms with Crippen LogP contribution in [0.25, 0.3) is 0 Å². The van der Waals surface area contributed by atoms with Crippen LogP contribution in [0.3, 0.4) is 0 Å². The van der Waals surface area contributed by atoms with Crippen molar-refractivity contribution in [3.05, 3.63) is 11.8 Å². The Morgan fingerprint density at radius 2 is 2.22 bits per heavy atom. The molecule has 0 atom stereocenters. The maximum Gasteiger partial charge on any atom is 0.260 e. The topological polar surface area (TPSA) is 75.3 Å². The van der Waals surface area contributed by atoms with E-state index in [2.05, 4.69) is 10.2 Å². The Morgan fingerprint density at radius 3 is 2.78 bits per heavy atom. The zero-order valence-corrected chi connectivity index (χ0v) is 12.3. The van der Waals surface area contributed by atoms with Gasteiger partial charge in [0.1, 0.15) is 0 Å². The van der Waals surface area contributed by atoms with E-state index in [-0.39, 0.29) is 23.6 Å². The molecule has 8 heteroatoms. The Hall–Kier alpha value is -0.630. The van der Waals surface area contributed by atoms with Crippen LogP contribution in [0.5, 0.6) is 0 Å². The number of likely N-dealkylation sites (N-methyl/N-ethyl adjacent to an activating group) is 1. The highest BCUT2D eigenvalue weighted by Crippen LogP contribution is 2.17. The Bertz CT molecular complexity index is 472. The molecule has 0 bridgehead atoms. The smallest absolute Gasteiger partial charge is 0.260 e. The minimum absolute atomic E-state index is 0.0459. The molecule has 1 heterocycles. The van der Waals surface area contributed by atoms with Gasteiger partial charge in [-0.25, -0.2) is 8.42 Å². The largest absolute Gasteiger partial charge is 0.377 e. The van der Waals surface area contributed by atoms with Gasteiger partial charge in [-0.2, -0.15) is 9.40 Å². The van der Waals surface area contributed by atoms with Crippen LogP contribution in [0.15, 0.2) is 11.2 Å². The number of ether oxygens (including phenoxy) is 1. The number of nitrogens with zero attached hydrogens (tertiary/aromatic N) is 2. The van der Waals surface area contributed by atoms with Crippen molar-refractivity contribution >= 4 is 21.6 Å². The summed E-state index contributed by atoms with van der Waals surface area (Å²) in [5.41, 5.74) is 0.466. The molecule has 0 unspecified atom stereocenters. The van der Waals surface area contributed by atoms with Gasteiger partial charge in [0.05, 0.1) is 24.8 Å². The zero-order chi connectivity index (χ0) is 13.8. The molecule has 0 aliphatic carbocycles. The van der Waals surface area contributed by atoms with E-state index >= 15 is 0 Å². The van der Waals surface area contributed by atoms with Crippen LogP contribution in [0, 0.1) is 0 Å². The lowest BCUT2D eigenvalue weighted by atomic mass is 10.4. The lowest BCUT2D eigenvalue weighted by Gasteiger charge is -2.17. The van der Waals surface area contributed by atoms with Crippen molar-refractivity contribution in [2.45, 2.75) is 30.9 Å². The molecule has 1 aromatic heterocycles. The summed E-state index contributed by atoms with van der Waals surface area (Å²) in [5.74, 6) is 0.0986. The number of rotatable bonds is 7. The van der Waals surface area contributed by atoms with Gasteiger partial charge in [-0.15, -0.1) is 11.6 Å². The average molecular weight is 296 g/mol. The van der Waals surface area contributed by atoms with Crippen LogP contribution in [0.4, 0.5) is 0 Å². The number of aromatic nitrogens is 2. The molecular formula is C10H18ClN3O3S. The van der Waals surface area contributed by atoms with Gasteiger partial charge in [0.25, 0.3) is 10.0 Å². The predicted molar refractivity (Wildman–Crippen MR) is 69.0 cm³/mol. The summed E-state index contributed by atoms with van der Waals surface area (Å²) in [6, 6.07) is 0. The summed E-state index contributed by atoms with van der Waals surface area (Å²) in [4.78, 5) is 0. The number of sulfonamides is 1. The van der Waals surface area contributed by atoms with Crippen molar-refractivity contribution in [1.82, 2.24) is 14.5 Å².